The normalized spacial score (nSPS) is 24.2. The third-order valence-corrected chi connectivity index (χ3v) is 8.33. The minimum atomic E-state index is -3.16. The van der Waals surface area contributed by atoms with E-state index in [9.17, 15) is 13.2 Å². The summed E-state index contributed by atoms with van der Waals surface area (Å²) in [5.74, 6) is 2.60. The number of nitrogens with zero attached hydrogens (tertiary/aromatic N) is 2. The van der Waals surface area contributed by atoms with Crippen LogP contribution in [0.25, 0.3) is 0 Å². The molecule has 2 saturated heterocycles. The summed E-state index contributed by atoms with van der Waals surface area (Å²) >= 11 is 1.88. The summed E-state index contributed by atoms with van der Waals surface area (Å²) in [6.45, 7) is 2.64. The maximum atomic E-state index is 13.0. The number of hydrogen-bond donors (Lipinski definition) is 0. The standard InChI is InChI=1S/C19H26N2O5S2/c1-28(23,24)21-8-4-14(5-9-21)19(22)20-7-6-18(27-11-10-20)15-2-3-16-17(12-15)26-13-25-16/h2-3,12,14,18H,4-11,13H2,1H3. The molecular weight excluding hydrogens is 400 g/mol. The van der Waals surface area contributed by atoms with Crippen molar-refractivity contribution in [1.29, 1.82) is 0 Å². The van der Waals surface area contributed by atoms with Crippen LogP contribution in [-0.4, -0.2) is 68.5 Å². The number of piperidine rings is 1. The molecule has 0 aliphatic carbocycles. The Kier molecular flexibility index (Phi) is 5.76. The lowest BCUT2D eigenvalue weighted by molar-refractivity contribution is -0.136. The molecule has 2 fully saturated rings. The molecule has 0 radical (unpaired) electrons. The van der Waals surface area contributed by atoms with Gasteiger partial charge in [0.05, 0.1) is 6.26 Å². The third kappa shape index (κ3) is 4.26. The van der Waals surface area contributed by atoms with Gasteiger partial charge in [-0.05, 0) is 37.0 Å². The molecule has 0 spiro atoms. The van der Waals surface area contributed by atoms with Crippen LogP contribution in [-0.2, 0) is 14.8 Å². The number of hydrogen-bond acceptors (Lipinski definition) is 6. The fraction of sp³-hybridized carbons (Fsp3) is 0.632. The minimum Gasteiger partial charge on any atom is -0.454 e. The van der Waals surface area contributed by atoms with Crippen LogP contribution in [0.2, 0.25) is 0 Å². The Morgan fingerprint density at radius 1 is 1.07 bits per heavy atom. The SMILES string of the molecule is CS(=O)(=O)N1CCC(C(=O)N2CCSC(c3ccc4c(c3)OCO4)CC2)CC1. The lowest BCUT2D eigenvalue weighted by Crippen LogP contribution is -2.44. The summed E-state index contributed by atoms with van der Waals surface area (Å²) in [5, 5.41) is 0.333. The zero-order valence-electron chi connectivity index (χ0n) is 16.0. The van der Waals surface area contributed by atoms with Gasteiger partial charge in [0, 0.05) is 43.1 Å². The first kappa shape index (κ1) is 19.8. The van der Waals surface area contributed by atoms with Crippen molar-refractivity contribution in [2.75, 3.05) is 45.0 Å². The van der Waals surface area contributed by atoms with Crippen LogP contribution >= 0.6 is 11.8 Å². The highest BCUT2D eigenvalue weighted by molar-refractivity contribution is 7.99. The quantitative estimate of drug-likeness (QED) is 0.737. The highest BCUT2D eigenvalue weighted by atomic mass is 32.2. The summed E-state index contributed by atoms with van der Waals surface area (Å²) < 4.78 is 35.7. The molecule has 0 aromatic heterocycles. The van der Waals surface area contributed by atoms with Gasteiger partial charge < -0.3 is 14.4 Å². The molecule has 9 heteroatoms. The van der Waals surface area contributed by atoms with E-state index in [1.807, 2.05) is 22.7 Å². The highest BCUT2D eigenvalue weighted by Gasteiger charge is 2.32. The van der Waals surface area contributed by atoms with Crippen LogP contribution in [0, 0.1) is 5.92 Å². The van der Waals surface area contributed by atoms with Crippen LogP contribution in [0.4, 0.5) is 0 Å². The van der Waals surface area contributed by atoms with Crippen LogP contribution in [0.1, 0.15) is 30.1 Å². The second kappa shape index (κ2) is 8.12. The number of thioether (sulfide) groups is 1. The van der Waals surface area contributed by atoms with E-state index in [-0.39, 0.29) is 18.6 Å². The van der Waals surface area contributed by atoms with Gasteiger partial charge in [0.25, 0.3) is 0 Å². The number of fused-ring (bicyclic) bond motifs is 1. The maximum Gasteiger partial charge on any atom is 0.231 e. The third-order valence-electron chi connectivity index (χ3n) is 5.69. The molecule has 3 aliphatic rings. The predicted molar refractivity (Wildman–Crippen MR) is 108 cm³/mol. The molecule has 1 aromatic carbocycles. The predicted octanol–water partition coefficient (Wildman–Crippen LogP) is 2.09. The van der Waals surface area contributed by atoms with E-state index in [4.69, 9.17) is 9.47 Å². The van der Waals surface area contributed by atoms with Gasteiger partial charge in [-0.15, -0.1) is 0 Å². The summed E-state index contributed by atoms with van der Waals surface area (Å²) in [5.41, 5.74) is 1.21. The largest absolute Gasteiger partial charge is 0.454 e. The van der Waals surface area contributed by atoms with E-state index in [2.05, 4.69) is 12.1 Å². The Morgan fingerprint density at radius 2 is 1.82 bits per heavy atom. The Hall–Kier alpha value is -1.45. The van der Waals surface area contributed by atoms with E-state index in [0.717, 1.165) is 36.8 Å². The van der Waals surface area contributed by atoms with Crippen LogP contribution in [0.15, 0.2) is 18.2 Å². The molecule has 1 atom stereocenters. The molecule has 1 amide bonds. The van der Waals surface area contributed by atoms with Crippen LogP contribution in [0.3, 0.4) is 0 Å². The Labute approximate surface area is 170 Å². The molecule has 154 valence electrons. The van der Waals surface area contributed by atoms with Crippen molar-refractivity contribution < 1.29 is 22.7 Å². The number of rotatable bonds is 3. The van der Waals surface area contributed by atoms with Crippen LogP contribution < -0.4 is 9.47 Å². The average molecular weight is 427 g/mol. The van der Waals surface area contributed by atoms with Crippen molar-refractivity contribution in [3.63, 3.8) is 0 Å². The van der Waals surface area contributed by atoms with Crippen molar-refractivity contribution in [3.8, 4) is 11.5 Å². The number of sulfonamides is 1. The summed E-state index contributed by atoms with van der Waals surface area (Å²) in [7, 11) is -3.16. The van der Waals surface area contributed by atoms with Crippen molar-refractivity contribution in [1.82, 2.24) is 9.21 Å². The van der Waals surface area contributed by atoms with Gasteiger partial charge in [0.15, 0.2) is 11.5 Å². The molecule has 0 bridgehead atoms. The van der Waals surface area contributed by atoms with Gasteiger partial charge in [0.2, 0.25) is 22.7 Å². The molecule has 7 nitrogen and oxygen atoms in total. The number of ether oxygens (including phenoxy) is 2. The average Bonchev–Trinajstić information content (AvgIpc) is 3.01. The van der Waals surface area contributed by atoms with Gasteiger partial charge in [-0.3, -0.25) is 4.79 Å². The zero-order valence-corrected chi connectivity index (χ0v) is 17.6. The van der Waals surface area contributed by atoms with Gasteiger partial charge in [0.1, 0.15) is 0 Å². The molecule has 28 heavy (non-hydrogen) atoms. The second-order valence-electron chi connectivity index (χ2n) is 7.52. The Balaban J connectivity index is 1.34. The van der Waals surface area contributed by atoms with E-state index in [0.29, 0.717) is 31.2 Å². The zero-order chi connectivity index (χ0) is 19.7. The lowest BCUT2D eigenvalue weighted by atomic mass is 9.96. The van der Waals surface area contributed by atoms with Gasteiger partial charge in [-0.2, -0.15) is 11.8 Å². The number of amides is 1. The Bertz CT molecular complexity index is 837. The maximum absolute atomic E-state index is 13.0. The fourth-order valence-corrected chi connectivity index (χ4v) is 6.16. The first-order valence-electron chi connectivity index (χ1n) is 9.67. The van der Waals surface area contributed by atoms with Crippen molar-refractivity contribution >= 4 is 27.7 Å². The number of carbonyl (C=O) groups is 1. The smallest absolute Gasteiger partial charge is 0.231 e. The molecule has 3 aliphatic heterocycles. The highest BCUT2D eigenvalue weighted by Crippen LogP contribution is 2.40. The molecule has 0 N–H and O–H groups in total. The molecular formula is C19H26N2O5S2. The number of benzene rings is 1. The molecule has 4 rings (SSSR count). The van der Waals surface area contributed by atoms with Crippen molar-refractivity contribution in [2.24, 2.45) is 5.92 Å². The molecule has 1 unspecified atom stereocenters. The van der Waals surface area contributed by atoms with Crippen LogP contribution in [0.5, 0.6) is 11.5 Å². The first-order chi connectivity index (χ1) is 13.4. The lowest BCUT2D eigenvalue weighted by Gasteiger charge is -2.32. The van der Waals surface area contributed by atoms with E-state index >= 15 is 0 Å². The van der Waals surface area contributed by atoms with E-state index < -0.39 is 10.0 Å². The first-order valence-corrected chi connectivity index (χ1v) is 12.6. The van der Waals surface area contributed by atoms with E-state index in [1.165, 1.54) is 16.1 Å². The minimum absolute atomic E-state index is 0.0647. The van der Waals surface area contributed by atoms with Gasteiger partial charge in [-0.1, -0.05) is 6.07 Å². The Morgan fingerprint density at radius 3 is 2.57 bits per heavy atom. The van der Waals surface area contributed by atoms with Crippen molar-refractivity contribution in [3.05, 3.63) is 23.8 Å². The topological polar surface area (TPSA) is 76.2 Å². The summed E-state index contributed by atoms with van der Waals surface area (Å²) in [6.07, 6.45) is 3.36. The number of carbonyl (C=O) groups excluding carboxylic acids is 1. The molecule has 1 aromatic rings. The second-order valence-corrected chi connectivity index (χ2v) is 10.8. The van der Waals surface area contributed by atoms with Crippen molar-refractivity contribution in [2.45, 2.75) is 24.5 Å². The summed E-state index contributed by atoms with van der Waals surface area (Å²) in [6, 6.07) is 6.10. The molecule has 3 heterocycles. The summed E-state index contributed by atoms with van der Waals surface area (Å²) in [4.78, 5) is 14.9. The van der Waals surface area contributed by atoms with E-state index in [1.54, 1.807) is 0 Å². The monoisotopic (exact) mass is 426 g/mol. The van der Waals surface area contributed by atoms with Gasteiger partial charge in [-0.25, -0.2) is 12.7 Å². The fourth-order valence-electron chi connectivity index (χ4n) is 4.06. The molecule has 0 saturated carbocycles. The van der Waals surface area contributed by atoms with Gasteiger partial charge >= 0.3 is 0 Å².